The van der Waals surface area contributed by atoms with Gasteiger partial charge in [0, 0.05) is 11.8 Å². The van der Waals surface area contributed by atoms with E-state index in [0.717, 1.165) is 16.9 Å². The van der Waals surface area contributed by atoms with E-state index in [1.807, 2.05) is 66.9 Å². The summed E-state index contributed by atoms with van der Waals surface area (Å²) in [6, 6.07) is 21.1. The Morgan fingerprint density at radius 1 is 1.00 bits per heavy atom. The molecule has 134 valence electrons. The van der Waals surface area contributed by atoms with E-state index < -0.39 is 5.97 Å². The standard InChI is InChI=1S/C21H18N4O2/c1-2-27-21(26)20-13-19(23-25(20)18-11-7-4-8-12-18)16-14-22-24(15-16)17-9-5-3-6-10-17/h3-15H,2H2,1H3. The number of esters is 1. The number of rotatable bonds is 5. The van der Waals surface area contributed by atoms with Crippen molar-refractivity contribution in [2.45, 2.75) is 6.92 Å². The summed E-state index contributed by atoms with van der Waals surface area (Å²) < 4.78 is 8.58. The molecular formula is C21H18N4O2. The van der Waals surface area contributed by atoms with E-state index in [1.165, 1.54) is 0 Å². The average molecular weight is 358 g/mol. The predicted octanol–water partition coefficient (Wildman–Crippen LogP) is 3.90. The van der Waals surface area contributed by atoms with Crippen molar-refractivity contribution < 1.29 is 9.53 Å². The third-order valence-corrected chi connectivity index (χ3v) is 4.09. The molecule has 0 atom stereocenters. The van der Waals surface area contributed by atoms with Gasteiger partial charge in [-0.25, -0.2) is 14.2 Å². The largest absolute Gasteiger partial charge is 0.461 e. The zero-order valence-corrected chi connectivity index (χ0v) is 14.8. The molecule has 4 rings (SSSR count). The van der Waals surface area contributed by atoms with Crippen LogP contribution in [0.15, 0.2) is 79.1 Å². The quantitative estimate of drug-likeness (QED) is 0.508. The molecule has 0 amide bonds. The van der Waals surface area contributed by atoms with Crippen molar-refractivity contribution in [2.24, 2.45) is 0 Å². The molecule has 0 saturated carbocycles. The minimum atomic E-state index is -0.407. The van der Waals surface area contributed by atoms with E-state index in [9.17, 15) is 4.79 Å². The smallest absolute Gasteiger partial charge is 0.357 e. The topological polar surface area (TPSA) is 61.9 Å². The Kier molecular flexibility index (Phi) is 4.53. The van der Waals surface area contributed by atoms with Crippen molar-refractivity contribution in [1.29, 1.82) is 0 Å². The van der Waals surface area contributed by atoms with Crippen LogP contribution in [0.1, 0.15) is 17.4 Å². The lowest BCUT2D eigenvalue weighted by molar-refractivity contribution is 0.0515. The fourth-order valence-electron chi connectivity index (χ4n) is 2.82. The zero-order valence-electron chi connectivity index (χ0n) is 14.8. The second kappa shape index (κ2) is 7.29. The van der Waals surface area contributed by atoms with Crippen LogP contribution < -0.4 is 0 Å². The van der Waals surface area contributed by atoms with Crippen LogP contribution in [-0.2, 0) is 4.74 Å². The van der Waals surface area contributed by atoms with Gasteiger partial charge in [-0.05, 0) is 37.3 Å². The van der Waals surface area contributed by atoms with Crippen molar-refractivity contribution in [3.8, 4) is 22.6 Å². The second-order valence-electron chi connectivity index (χ2n) is 5.89. The number of benzene rings is 2. The summed E-state index contributed by atoms with van der Waals surface area (Å²) in [6.45, 7) is 2.09. The predicted molar refractivity (Wildman–Crippen MR) is 102 cm³/mol. The minimum absolute atomic E-state index is 0.306. The molecule has 0 aliphatic rings. The summed E-state index contributed by atoms with van der Waals surface area (Å²) in [5, 5.41) is 9.03. The van der Waals surface area contributed by atoms with E-state index in [4.69, 9.17) is 4.74 Å². The molecule has 0 spiro atoms. The fraction of sp³-hybridized carbons (Fsp3) is 0.0952. The third kappa shape index (κ3) is 3.37. The van der Waals surface area contributed by atoms with Crippen molar-refractivity contribution in [1.82, 2.24) is 19.6 Å². The van der Waals surface area contributed by atoms with E-state index in [1.54, 1.807) is 28.6 Å². The van der Waals surface area contributed by atoms with Crippen molar-refractivity contribution in [3.63, 3.8) is 0 Å². The molecule has 4 aromatic rings. The summed E-state index contributed by atoms with van der Waals surface area (Å²) in [7, 11) is 0. The van der Waals surface area contributed by atoms with Crippen LogP contribution in [0, 0.1) is 0 Å². The Balaban J connectivity index is 1.76. The number of para-hydroxylation sites is 2. The highest BCUT2D eigenvalue weighted by Gasteiger charge is 2.19. The minimum Gasteiger partial charge on any atom is -0.461 e. The van der Waals surface area contributed by atoms with Crippen LogP contribution in [0.25, 0.3) is 22.6 Å². The first-order chi connectivity index (χ1) is 13.3. The van der Waals surface area contributed by atoms with Gasteiger partial charge in [-0.3, -0.25) is 0 Å². The fourth-order valence-corrected chi connectivity index (χ4v) is 2.82. The number of aromatic nitrogens is 4. The van der Waals surface area contributed by atoms with Crippen molar-refractivity contribution in [2.75, 3.05) is 6.61 Å². The van der Waals surface area contributed by atoms with Gasteiger partial charge in [0.1, 0.15) is 0 Å². The molecule has 0 bridgehead atoms. The molecule has 6 heteroatoms. The van der Waals surface area contributed by atoms with Gasteiger partial charge in [0.25, 0.3) is 0 Å². The van der Waals surface area contributed by atoms with Gasteiger partial charge in [-0.2, -0.15) is 10.2 Å². The zero-order chi connectivity index (χ0) is 18.6. The first-order valence-corrected chi connectivity index (χ1v) is 8.69. The maximum absolute atomic E-state index is 12.4. The molecule has 6 nitrogen and oxygen atoms in total. The van der Waals surface area contributed by atoms with Gasteiger partial charge in [0.15, 0.2) is 5.69 Å². The highest BCUT2D eigenvalue weighted by Crippen LogP contribution is 2.23. The number of carbonyl (C=O) groups is 1. The molecule has 27 heavy (non-hydrogen) atoms. The van der Waals surface area contributed by atoms with Crippen LogP contribution in [0.5, 0.6) is 0 Å². The summed E-state index contributed by atoms with van der Waals surface area (Å²) in [6.07, 6.45) is 3.63. The molecule has 0 aliphatic heterocycles. The molecule has 0 fully saturated rings. The van der Waals surface area contributed by atoms with Gasteiger partial charge in [-0.1, -0.05) is 36.4 Å². The van der Waals surface area contributed by atoms with Gasteiger partial charge in [0.05, 0.1) is 29.9 Å². The molecule has 0 N–H and O–H groups in total. The normalized spacial score (nSPS) is 10.7. The third-order valence-electron chi connectivity index (χ3n) is 4.09. The van der Waals surface area contributed by atoms with E-state index >= 15 is 0 Å². The lowest BCUT2D eigenvalue weighted by Crippen LogP contribution is -2.11. The Morgan fingerprint density at radius 2 is 1.67 bits per heavy atom. The first-order valence-electron chi connectivity index (χ1n) is 8.69. The lowest BCUT2D eigenvalue weighted by atomic mass is 10.2. The van der Waals surface area contributed by atoms with Crippen molar-refractivity contribution in [3.05, 3.63) is 84.8 Å². The molecule has 0 unspecified atom stereocenters. The Morgan fingerprint density at radius 3 is 2.33 bits per heavy atom. The van der Waals surface area contributed by atoms with E-state index in [0.29, 0.717) is 18.0 Å². The van der Waals surface area contributed by atoms with E-state index in [-0.39, 0.29) is 0 Å². The molecule has 0 saturated heterocycles. The highest BCUT2D eigenvalue weighted by atomic mass is 16.5. The SMILES string of the molecule is CCOC(=O)c1cc(-c2cnn(-c3ccccc3)c2)nn1-c1ccccc1. The molecular weight excluding hydrogens is 340 g/mol. The van der Waals surface area contributed by atoms with Crippen LogP contribution >= 0.6 is 0 Å². The number of carbonyl (C=O) groups excluding carboxylic acids is 1. The molecule has 0 aliphatic carbocycles. The first kappa shape index (κ1) is 16.8. The van der Waals surface area contributed by atoms with E-state index in [2.05, 4.69) is 10.2 Å². The summed E-state index contributed by atoms with van der Waals surface area (Å²) in [5.74, 6) is -0.407. The molecule has 2 heterocycles. The number of hydrogen-bond donors (Lipinski definition) is 0. The lowest BCUT2D eigenvalue weighted by Gasteiger charge is -2.06. The summed E-state index contributed by atoms with van der Waals surface area (Å²) in [4.78, 5) is 12.4. The van der Waals surface area contributed by atoms with Gasteiger partial charge in [-0.15, -0.1) is 0 Å². The van der Waals surface area contributed by atoms with Gasteiger partial charge in [0.2, 0.25) is 0 Å². The monoisotopic (exact) mass is 358 g/mol. The van der Waals surface area contributed by atoms with Crippen LogP contribution in [0.3, 0.4) is 0 Å². The maximum Gasteiger partial charge on any atom is 0.357 e. The Bertz CT molecular complexity index is 1050. The van der Waals surface area contributed by atoms with Crippen LogP contribution in [0.2, 0.25) is 0 Å². The number of hydrogen-bond acceptors (Lipinski definition) is 4. The molecule has 0 radical (unpaired) electrons. The number of nitrogens with zero attached hydrogens (tertiary/aromatic N) is 4. The maximum atomic E-state index is 12.4. The summed E-state index contributed by atoms with van der Waals surface area (Å²) >= 11 is 0. The Labute approximate surface area is 156 Å². The second-order valence-corrected chi connectivity index (χ2v) is 5.89. The van der Waals surface area contributed by atoms with Crippen LogP contribution in [-0.4, -0.2) is 32.1 Å². The summed E-state index contributed by atoms with van der Waals surface area (Å²) in [5.41, 5.74) is 3.60. The molecule has 2 aromatic carbocycles. The number of ether oxygens (including phenoxy) is 1. The van der Waals surface area contributed by atoms with Gasteiger partial charge >= 0.3 is 5.97 Å². The average Bonchev–Trinajstić information content (AvgIpc) is 3.37. The van der Waals surface area contributed by atoms with Gasteiger partial charge < -0.3 is 4.74 Å². The molecule has 2 aromatic heterocycles. The highest BCUT2D eigenvalue weighted by molar-refractivity contribution is 5.89. The van der Waals surface area contributed by atoms with Crippen LogP contribution in [0.4, 0.5) is 0 Å². The van der Waals surface area contributed by atoms with Crippen molar-refractivity contribution >= 4 is 5.97 Å². The Hall–Kier alpha value is -3.67.